The van der Waals surface area contributed by atoms with Gasteiger partial charge in [0.05, 0.1) is 0 Å². The fourth-order valence-corrected chi connectivity index (χ4v) is 1.35. The zero-order valence-corrected chi connectivity index (χ0v) is 10.9. The van der Waals surface area contributed by atoms with Crippen LogP contribution in [-0.2, 0) is 14.4 Å². The van der Waals surface area contributed by atoms with Crippen LogP contribution >= 0.6 is 0 Å². The van der Waals surface area contributed by atoms with Crippen molar-refractivity contribution in [3.05, 3.63) is 23.1 Å². The number of amides is 2. The third-order valence-corrected chi connectivity index (χ3v) is 2.32. The van der Waals surface area contributed by atoms with E-state index in [4.69, 9.17) is 10.6 Å². The minimum absolute atomic E-state index is 0.224. The highest BCUT2D eigenvalue weighted by atomic mass is 16.4. The number of carboxylic acid groups (broad SMARTS) is 1. The van der Waals surface area contributed by atoms with Crippen molar-refractivity contribution < 1.29 is 19.5 Å². The predicted molar refractivity (Wildman–Crippen MR) is 70.6 cm³/mol. The number of carbonyl (C=O) groups excluding carboxylic acids is 2. The van der Waals surface area contributed by atoms with Gasteiger partial charge in [0.2, 0.25) is 11.8 Å². The molecule has 0 aromatic heterocycles. The molecule has 0 aliphatic carbocycles. The second-order valence-corrected chi connectivity index (χ2v) is 3.84. The number of rotatable bonds is 10. The molecule has 0 aliphatic rings. The number of carbonyl (C=O) groups is 3. The van der Waals surface area contributed by atoms with Crippen LogP contribution in [0.1, 0.15) is 19.3 Å². The van der Waals surface area contributed by atoms with Gasteiger partial charge in [0.15, 0.2) is 0 Å². The summed E-state index contributed by atoms with van der Waals surface area (Å²) in [6.45, 7) is 3.27. The summed E-state index contributed by atoms with van der Waals surface area (Å²) in [4.78, 5) is 35.4. The Morgan fingerprint density at radius 2 is 2.10 bits per heavy atom. The second-order valence-electron chi connectivity index (χ2n) is 3.84. The lowest BCUT2D eigenvalue weighted by Gasteiger charge is -2.13. The lowest BCUT2D eigenvalue weighted by molar-refractivity contribution is -0.141. The van der Waals surface area contributed by atoms with Gasteiger partial charge in [-0.1, -0.05) is 11.7 Å². The maximum absolute atomic E-state index is 11.2. The van der Waals surface area contributed by atoms with E-state index >= 15 is 0 Å². The fourth-order valence-electron chi connectivity index (χ4n) is 1.35. The van der Waals surface area contributed by atoms with Gasteiger partial charge in [-0.3, -0.25) is 9.59 Å². The summed E-state index contributed by atoms with van der Waals surface area (Å²) in [5.41, 5.74) is 8.04. The molecule has 0 saturated heterocycles. The van der Waals surface area contributed by atoms with Crippen LogP contribution < -0.4 is 10.6 Å². The van der Waals surface area contributed by atoms with E-state index in [1.807, 2.05) is 0 Å². The molecule has 0 aromatic carbocycles. The van der Waals surface area contributed by atoms with Gasteiger partial charge < -0.3 is 15.7 Å². The van der Waals surface area contributed by atoms with Gasteiger partial charge in [0.25, 0.3) is 0 Å². The van der Waals surface area contributed by atoms with E-state index in [1.165, 1.54) is 0 Å². The first-order valence-electron chi connectivity index (χ1n) is 5.94. The summed E-state index contributed by atoms with van der Waals surface area (Å²) in [5.74, 6) is -2.09. The Hall–Kier alpha value is -2.54. The van der Waals surface area contributed by atoms with Gasteiger partial charge in [-0.05, 0) is 30.9 Å². The van der Waals surface area contributed by atoms with Crippen LogP contribution in [0.3, 0.4) is 0 Å². The van der Waals surface area contributed by atoms with Gasteiger partial charge in [-0.15, -0.1) is 0 Å². The predicted octanol–water partition coefficient (Wildman–Crippen LogP) is 0.339. The molecule has 0 rings (SSSR count). The molecule has 0 saturated carbocycles. The SMILES string of the molecule is C=CC(=O)NCCCCC(NC(=O)CN=[N+]=[N-])C(=O)O. The third-order valence-electron chi connectivity index (χ3n) is 2.32. The molecule has 20 heavy (non-hydrogen) atoms. The first-order valence-corrected chi connectivity index (χ1v) is 5.94. The molecular formula is C11H17N5O4. The minimum atomic E-state index is -1.16. The Labute approximate surface area is 115 Å². The van der Waals surface area contributed by atoms with Crippen LogP contribution in [0.4, 0.5) is 0 Å². The molecule has 0 radical (unpaired) electrons. The van der Waals surface area contributed by atoms with E-state index in [0.29, 0.717) is 19.4 Å². The Morgan fingerprint density at radius 3 is 2.65 bits per heavy atom. The third kappa shape index (κ3) is 8.54. The number of nitrogens with one attached hydrogen (secondary N) is 2. The molecule has 0 aromatic rings. The summed E-state index contributed by atoms with van der Waals surface area (Å²) >= 11 is 0. The molecule has 110 valence electrons. The van der Waals surface area contributed by atoms with Crippen LogP contribution in [0.2, 0.25) is 0 Å². The van der Waals surface area contributed by atoms with Gasteiger partial charge in [-0.2, -0.15) is 0 Å². The molecule has 1 unspecified atom stereocenters. The van der Waals surface area contributed by atoms with Crippen LogP contribution in [0, 0.1) is 0 Å². The molecule has 0 bridgehead atoms. The summed E-state index contributed by atoms with van der Waals surface area (Å²) in [6.07, 6.45) is 2.46. The van der Waals surface area contributed by atoms with Crippen molar-refractivity contribution >= 4 is 17.8 Å². The van der Waals surface area contributed by atoms with Crippen LogP contribution in [0.15, 0.2) is 17.8 Å². The van der Waals surface area contributed by atoms with Crippen LogP contribution in [-0.4, -0.2) is 42.0 Å². The van der Waals surface area contributed by atoms with Gasteiger partial charge >= 0.3 is 5.97 Å². The van der Waals surface area contributed by atoms with Crippen molar-refractivity contribution in [2.45, 2.75) is 25.3 Å². The summed E-state index contributed by atoms with van der Waals surface area (Å²) < 4.78 is 0. The molecule has 0 spiro atoms. The van der Waals surface area contributed by atoms with Crippen LogP contribution in [0.5, 0.6) is 0 Å². The molecule has 0 fully saturated rings. The molecule has 0 heterocycles. The number of nitrogens with zero attached hydrogens (tertiary/aromatic N) is 3. The van der Waals surface area contributed by atoms with Crippen molar-refractivity contribution in [1.29, 1.82) is 0 Å². The van der Waals surface area contributed by atoms with E-state index in [-0.39, 0.29) is 12.3 Å². The Morgan fingerprint density at radius 1 is 1.40 bits per heavy atom. The lowest BCUT2D eigenvalue weighted by Crippen LogP contribution is -2.41. The van der Waals surface area contributed by atoms with Crippen molar-refractivity contribution in [3.63, 3.8) is 0 Å². The molecule has 9 nitrogen and oxygen atoms in total. The Bertz CT molecular complexity index is 417. The fraction of sp³-hybridized carbons (Fsp3) is 0.545. The highest BCUT2D eigenvalue weighted by Crippen LogP contribution is 2.01. The van der Waals surface area contributed by atoms with Gasteiger partial charge in [-0.25, -0.2) is 4.79 Å². The average molecular weight is 283 g/mol. The number of hydrogen-bond donors (Lipinski definition) is 3. The average Bonchev–Trinajstić information content (AvgIpc) is 2.42. The standard InChI is InChI=1S/C11H17N5O4/c1-2-9(17)13-6-4-3-5-8(11(19)20)15-10(18)7-14-16-12/h2,8H,1,3-7H2,(H,13,17)(H,15,18)(H,19,20). The van der Waals surface area contributed by atoms with E-state index in [2.05, 4.69) is 27.2 Å². The maximum Gasteiger partial charge on any atom is 0.326 e. The van der Waals surface area contributed by atoms with E-state index in [0.717, 1.165) is 6.08 Å². The molecule has 2 amide bonds. The van der Waals surface area contributed by atoms with E-state index in [1.54, 1.807) is 0 Å². The number of azide groups is 1. The summed E-state index contributed by atoms with van der Waals surface area (Å²) in [5, 5.41) is 16.8. The normalized spacial score (nSPS) is 10.8. The van der Waals surface area contributed by atoms with Crippen molar-refractivity contribution in [2.24, 2.45) is 5.11 Å². The smallest absolute Gasteiger partial charge is 0.326 e. The van der Waals surface area contributed by atoms with E-state index in [9.17, 15) is 14.4 Å². The summed E-state index contributed by atoms with van der Waals surface area (Å²) in [7, 11) is 0. The van der Waals surface area contributed by atoms with Crippen molar-refractivity contribution in [1.82, 2.24) is 10.6 Å². The Balaban J connectivity index is 4.00. The second kappa shape index (κ2) is 10.4. The molecule has 1 atom stereocenters. The molecular weight excluding hydrogens is 266 g/mol. The lowest BCUT2D eigenvalue weighted by atomic mass is 10.1. The van der Waals surface area contributed by atoms with E-state index < -0.39 is 24.5 Å². The van der Waals surface area contributed by atoms with Gasteiger partial charge in [0.1, 0.15) is 12.6 Å². The zero-order valence-electron chi connectivity index (χ0n) is 10.9. The topological polar surface area (TPSA) is 144 Å². The molecule has 9 heteroatoms. The maximum atomic E-state index is 11.2. The molecule has 3 N–H and O–H groups in total. The van der Waals surface area contributed by atoms with Crippen molar-refractivity contribution in [3.8, 4) is 0 Å². The number of unbranched alkanes of at least 4 members (excludes halogenated alkanes) is 1. The monoisotopic (exact) mass is 283 g/mol. The number of aliphatic carboxylic acids is 1. The minimum Gasteiger partial charge on any atom is -0.480 e. The first kappa shape index (κ1) is 17.5. The van der Waals surface area contributed by atoms with Gasteiger partial charge in [0, 0.05) is 11.5 Å². The molecule has 0 aliphatic heterocycles. The van der Waals surface area contributed by atoms with Crippen LogP contribution in [0.25, 0.3) is 10.4 Å². The quantitative estimate of drug-likeness (QED) is 0.174. The first-order chi connectivity index (χ1) is 9.51. The highest BCUT2D eigenvalue weighted by Gasteiger charge is 2.18. The number of hydrogen-bond acceptors (Lipinski definition) is 4. The zero-order chi connectivity index (χ0) is 15.4. The Kier molecular flexibility index (Phi) is 9.07. The highest BCUT2D eigenvalue weighted by molar-refractivity contribution is 5.86. The largest absolute Gasteiger partial charge is 0.480 e. The summed E-state index contributed by atoms with van der Waals surface area (Å²) in [6, 6.07) is -1.04. The van der Waals surface area contributed by atoms with Crippen molar-refractivity contribution in [2.75, 3.05) is 13.1 Å². The number of carboxylic acids is 1.